The van der Waals surface area contributed by atoms with E-state index in [0.29, 0.717) is 16.6 Å². The Morgan fingerprint density at radius 3 is 2.73 bits per heavy atom. The van der Waals surface area contributed by atoms with Crippen molar-refractivity contribution in [3.05, 3.63) is 48.0 Å². The number of rotatable bonds is 7. The number of hydrogen-bond acceptors (Lipinski definition) is 5. The first-order chi connectivity index (χ1) is 10.7. The van der Waals surface area contributed by atoms with Crippen LogP contribution in [-0.2, 0) is 9.59 Å². The highest BCUT2D eigenvalue weighted by Crippen LogP contribution is 2.15. The van der Waals surface area contributed by atoms with E-state index in [0.717, 1.165) is 0 Å². The molecule has 6 nitrogen and oxygen atoms in total. The van der Waals surface area contributed by atoms with Crippen molar-refractivity contribution in [1.29, 1.82) is 0 Å². The molecule has 0 spiro atoms. The summed E-state index contributed by atoms with van der Waals surface area (Å²) in [6.45, 7) is 3.31. The van der Waals surface area contributed by atoms with Crippen molar-refractivity contribution in [2.45, 2.75) is 0 Å². The molecule has 0 saturated heterocycles. The Labute approximate surface area is 131 Å². The number of carbonyl (C=O) groups is 2. The van der Waals surface area contributed by atoms with Crippen LogP contribution in [-0.4, -0.2) is 29.9 Å². The molecule has 2 rings (SSSR count). The molecule has 7 heteroatoms. The Morgan fingerprint density at radius 1 is 1.27 bits per heavy atom. The normalized spacial score (nSPS) is 9.82. The van der Waals surface area contributed by atoms with Crippen molar-refractivity contribution in [3.8, 4) is 5.75 Å². The molecule has 1 aromatic heterocycles. The molecule has 0 unspecified atom stereocenters. The molecule has 114 valence electrons. The Hall–Kier alpha value is -2.67. The molecule has 22 heavy (non-hydrogen) atoms. The molecule has 1 aromatic carbocycles. The predicted octanol–water partition coefficient (Wildman–Crippen LogP) is 1.92. The second-order valence-corrected chi connectivity index (χ2v) is 5.07. The van der Waals surface area contributed by atoms with E-state index in [4.69, 9.17) is 4.74 Å². The lowest BCUT2D eigenvalue weighted by Crippen LogP contribution is -2.35. The lowest BCUT2D eigenvalue weighted by atomic mass is 10.3. The van der Waals surface area contributed by atoms with Crippen molar-refractivity contribution in [2.75, 3.05) is 18.5 Å². The Kier molecular flexibility index (Phi) is 5.67. The Morgan fingerprint density at radius 2 is 2.05 bits per heavy atom. The summed E-state index contributed by atoms with van der Waals surface area (Å²) in [5, 5.41) is 7.31. The lowest BCUT2D eigenvalue weighted by molar-refractivity contribution is -0.125. The van der Waals surface area contributed by atoms with Crippen LogP contribution < -0.4 is 15.4 Å². The van der Waals surface area contributed by atoms with E-state index in [1.54, 1.807) is 23.6 Å². The summed E-state index contributed by atoms with van der Waals surface area (Å²) in [6.07, 6.45) is 1.59. The number of hydrogen-bond donors (Lipinski definition) is 2. The summed E-state index contributed by atoms with van der Waals surface area (Å²) in [6, 6.07) is 8.98. The summed E-state index contributed by atoms with van der Waals surface area (Å²) in [4.78, 5) is 27.3. The quantitative estimate of drug-likeness (QED) is 0.817. The first-order valence-corrected chi connectivity index (χ1v) is 7.37. The average Bonchev–Trinajstić information content (AvgIpc) is 2.99. The third kappa shape index (κ3) is 5.02. The molecule has 0 aliphatic rings. The van der Waals surface area contributed by atoms with Gasteiger partial charge in [-0.05, 0) is 18.2 Å². The van der Waals surface area contributed by atoms with Gasteiger partial charge in [-0.15, -0.1) is 11.3 Å². The van der Waals surface area contributed by atoms with Crippen molar-refractivity contribution < 1.29 is 14.3 Å². The minimum absolute atomic E-state index is 0.139. The van der Waals surface area contributed by atoms with E-state index in [1.165, 1.54) is 11.3 Å². The number of thiazole rings is 1. The minimum atomic E-state index is -0.370. The third-order valence-corrected chi connectivity index (χ3v) is 3.31. The molecule has 0 bridgehead atoms. The monoisotopic (exact) mass is 317 g/mol. The van der Waals surface area contributed by atoms with Gasteiger partial charge in [-0.3, -0.25) is 9.59 Å². The number of nitrogens with one attached hydrogen (secondary N) is 2. The van der Waals surface area contributed by atoms with Crippen LogP contribution in [0.15, 0.2) is 42.3 Å². The molecule has 1 heterocycles. The smallest absolute Gasteiger partial charge is 0.258 e. The molecule has 0 aliphatic carbocycles. The van der Waals surface area contributed by atoms with E-state index in [-0.39, 0.29) is 25.0 Å². The molecule has 0 fully saturated rings. The van der Waals surface area contributed by atoms with Crippen LogP contribution in [0.2, 0.25) is 0 Å². The number of amides is 2. The van der Waals surface area contributed by atoms with E-state index in [9.17, 15) is 9.59 Å². The summed E-state index contributed by atoms with van der Waals surface area (Å²) in [5.74, 6) is -0.121. The number of carbonyl (C=O) groups excluding carboxylic acids is 2. The topological polar surface area (TPSA) is 80.3 Å². The van der Waals surface area contributed by atoms with E-state index >= 15 is 0 Å². The van der Waals surface area contributed by atoms with Gasteiger partial charge in [0.15, 0.2) is 11.7 Å². The highest BCUT2D eigenvalue weighted by molar-refractivity contribution is 7.14. The van der Waals surface area contributed by atoms with Crippen molar-refractivity contribution >= 4 is 34.4 Å². The van der Waals surface area contributed by atoms with Gasteiger partial charge in [-0.25, -0.2) is 4.98 Å². The summed E-state index contributed by atoms with van der Waals surface area (Å²) < 4.78 is 5.27. The van der Waals surface area contributed by atoms with E-state index in [1.807, 2.05) is 18.2 Å². The minimum Gasteiger partial charge on any atom is -0.484 e. The second-order valence-electron chi connectivity index (χ2n) is 4.21. The molecule has 2 amide bonds. The van der Waals surface area contributed by atoms with Crippen LogP contribution in [0.4, 0.5) is 5.13 Å². The first-order valence-electron chi connectivity index (χ1n) is 6.50. The fourth-order valence-corrected chi connectivity index (χ4v) is 2.21. The second kappa shape index (κ2) is 7.94. The van der Waals surface area contributed by atoms with Gasteiger partial charge in [-0.2, -0.15) is 0 Å². The molecular weight excluding hydrogens is 302 g/mol. The van der Waals surface area contributed by atoms with Gasteiger partial charge in [0.1, 0.15) is 5.75 Å². The van der Waals surface area contributed by atoms with Gasteiger partial charge in [0, 0.05) is 5.38 Å². The first kappa shape index (κ1) is 15.7. The number of benzene rings is 1. The van der Waals surface area contributed by atoms with Crippen LogP contribution >= 0.6 is 11.3 Å². The maximum atomic E-state index is 11.7. The number of anilines is 1. The fourth-order valence-electron chi connectivity index (χ4n) is 1.50. The summed E-state index contributed by atoms with van der Waals surface area (Å²) in [7, 11) is 0. The zero-order chi connectivity index (χ0) is 15.8. The van der Waals surface area contributed by atoms with Crippen molar-refractivity contribution in [3.63, 3.8) is 0 Å². The maximum absolute atomic E-state index is 11.7. The van der Waals surface area contributed by atoms with Gasteiger partial charge < -0.3 is 15.4 Å². The largest absolute Gasteiger partial charge is 0.484 e. The fraction of sp³-hybridized carbons (Fsp3) is 0.133. The van der Waals surface area contributed by atoms with Crippen LogP contribution in [0, 0.1) is 0 Å². The van der Waals surface area contributed by atoms with Gasteiger partial charge in [0.2, 0.25) is 5.91 Å². The number of nitrogens with zero attached hydrogens (tertiary/aromatic N) is 1. The van der Waals surface area contributed by atoms with Crippen LogP contribution in [0.5, 0.6) is 5.75 Å². The van der Waals surface area contributed by atoms with Crippen molar-refractivity contribution in [1.82, 2.24) is 10.3 Å². The Balaban J connectivity index is 1.69. The molecule has 0 atom stereocenters. The van der Waals surface area contributed by atoms with Crippen LogP contribution in [0.25, 0.3) is 6.08 Å². The van der Waals surface area contributed by atoms with Gasteiger partial charge in [0.25, 0.3) is 5.91 Å². The number of para-hydroxylation sites is 1. The number of aromatic nitrogens is 1. The molecule has 0 saturated carbocycles. The zero-order valence-electron chi connectivity index (χ0n) is 11.7. The number of ether oxygens (including phenoxy) is 1. The molecule has 2 N–H and O–H groups in total. The van der Waals surface area contributed by atoms with Crippen LogP contribution in [0.3, 0.4) is 0 Å². The van der Waals surface area contributed by atoms with Gasteiger partial charge in [-0.1, -0.05) is 24.8 Å². The summed E-state index contributed by atoms with van der Waals surface area (Å²) >= 11 is 1.29. The summed E-state index contributed by atoms with van der Waals surface area (Å²) in [5.41, 5.74) is 0.695. The highest BCUT2D eigenvalue weighted by Gasteiger charge is 2.08. The van der Waals surface area contributed by atoms with Crippen LogP contribution in [0.1, 0.15) is 5.69 Å². The zero-order valence-corrected chi connectivity index (χ0v) is 12.6. The highest BCUT2D eigenvalue weighted by atomic mass is 32.1. The maximum Gasteiger partial charge on any atom is 0.258 e. The van der Waals surface area contributed by atoms with Crippen molar-refractivity contribution in [2.24, 2.45) is 0 Å². The predicted molar refractivity (Wildman–Crippen MR) is 85.8 cm³/mol. The SMILES string of the molecule is C=Cc1csc(NC(=O)CNC(=O)COc2ccccc2)n1. The standard InChI is InChI=1S/C15H15N3O3S/c1-2-11-10-22-15(17-11)18-13(19)8-16-14(20)9-21-12-6-4-3-5-7-12/h2-7,10H,1,8-9H2,(H,16,20)(H,17,18,19). The molecule has 2 aromatic rings. The third-order valence-electron chi connectivity index (χ3n) is 2.54. The average molecular weight is 317 g/mol. The molecule has 0 radical (unpaired) electrons. The molecular formula is C15H15N3O3S. The Bertz CT molecular complexity index is 655. The van der Waals surface area contributed by atoms with Gasteiger partial charge >= 0.3 is 0 Å². The van der Waals surface area contributed by atoms with Gasteiger partial charge in [0.05, 0.1) is 12.2 Å². The lowest BCUT2D eigenvalue weighted by Gasteiger charge is -2.07. The van der Waals surface area contributed by atoms with E-state index < -0.39 is 0 Å². The van der Waals surface area contributed by atoms with E-state index in [2.05, 4.69) is 22.2 Å². The molecule has 0 aliphatic heterocycles.